The van der Waals surface area contributed by atoms with Crippen LogP contribution in [-0.2, 0) is 0 Å². The van der Waals surface area contributed by atoms with Gasteiger partial charge in [0.1, 0.15) is 5.69 Å². The van der Waals surface area contributed by atoms with Crippen LogP contribution in [0.25, 0.3) is 22.0 Å². The van der Waals surface area contributed by atoms with Crippen molar-refractivity contribution in [2.24, 2.45) is 0 Å². The average Bonchev–Trinajstić information content (AvgIpc) is 3.16. The Labute approximate surface area is 144 Å². The van der Waals surface area contributed by atoms with Crippen LogP contribution in [0.15, 0.2) is 79.0 Å². The van der Waals surface area contributed by atoms with Crippen LogP contribution in [0.3, 0.4) is 0 Å². The van der Waals surface area contributed by atoms with Gasteiger partial charge in [-0.25, -0.2) is 0 Å². The van der Waals surface area contributed by atoms with Gasteiger partial charge in [0.05, 0.1) is 10.3 Å². The molecule has 0 fully saturated rings. The minimum Gasteiger partial charge on any atom is -0.361 e. The summed E-state index contributed by atoms with van der Waals surface area (Å²) in [5.74, 6) is 0. The minimum atomic E-state index is -0.334. The van der Waals surface area contributed by atoms with Crippen molar-refractivity contribution in [3.63, 3.8) is 0 Å². The van der Waals surface area contributed by atoms with Gasteiger partial charge in [-0.15, -0.1) is 0 Å². The van der Waals surface area contributed by atoms with Crippen LogP contribution < -0.4 is 5.32 Å². The SMILES string of the molecule is O=[N+]([O-])c1c(Nc2cccc(-c3ccc[nH]3)c2)ccc2ccccc12. The molecule has 122 valence electrons. The Morgan fingerprint density at radius 3 is 2.60 bits per heavy atom. The predicted octanol–water partition coefficient (Wildman–Crippen LogP) is 5.49. The molecule has 1 heterocycles. The third-order valence-corrected chi connectivity index (χ3v) is 4.13. The van der Waals surface area contributed by atoms with E-state index in [0.29, 0.717) is 11.1 Å². The summed E-state index contributed by atoms with van der Waals surface area (Å²) >= 11 is 0. The summed E-state index contributed by atoms with van der Waals surface area (Å²) in [6, 6.07) is 22.7. The fourth-order valence-corrected chi connectivity index (χ4v) is 2.98. The highest BCUT2D eigenvalue weighted by Crippen LogP contribution is 2.35. The molecule has 0 atom stereocenters. The maximum atomic E-state index is 11.6. The summed E-state index contributed by atoms with van der Waals surface area (Å²) in [6.07, 6.45) is 1.86. The molecule has 5 nitrogen and oxygen atoms in total. The molecule has 0 bridgehead atoms. The normalized spacial score (nSPS) is 10.7. The molecule has 4 rings (SSSR count). The fourth-order valence-electron chi connectivity index (χ4n) is 2.98. The largest absolute Gasteiger partial charge is 0.361 e. The number of nitrogens with zero attached hydrogens (tertiary/aromatic N) is 1. The Morgan fingerprint density at radius 1 is 0.920 bits per heavy atom. The quantitative estimate of drug-likeness (QED) is 0.384. The van der Waals surface area contributed by atoms with Crippen molar-refractivity contribution in [3.8, 4) is 11.3 Å². The monoisotopic (exact) mass is 329 g/mol. The maximum absolute atomic E-state index is 11.6. The molecule has 0 aliphatic carbocycles. The minimum absolute atomic E-state index is 0.0865. The van der Waals surface area contributed by atoms with E-state index >= 15 is 0 Å². The van der Waals surface area contributed by atoms with Gasteiger partial charge in [0.15, 0.2) is 0 Å². The van der Waals surface area contributed by atoms with Crippen molar-refractivity contribution in [3.05, 3.63) is 89.1 Å². The van der Waals surface area contributed by atoms with E-state index in [9.17, 15) is 10.1 Å². The molecule has 25 heavy (non-hydrogen) atoms. The van der Waals surface area contributed by atoms with E-state index in [-0.39, 0.29) is 10.6 Å². The molecule has 0 spiro atoms. The molecule has 4 aromatic rings. The number of nitro groups is 1. The van der Waals surface area contributed by atoms with Gasteiger partial charge in [0.25, 0.3) is 5.69 Å². The highest BCUT2D eigenvalue weighted by atomic mass is 16.6. The lowest BCUT2D eigenvalue weighted by atomic mass is 10.1. The highest BCUT2D eigenvalue weighted by molar-refractivity contribution is 5.97. The second-order valence-corrected chi connectivity index (χ2v) is 5.73. The molecule has 2 N–H and O–H groups in total. The van der Waals surface area contributed by atoms with Gasteiger partial charge in [0, 0.05) is 17.6 Å². The van der Waals surface area contributed by atoms with Gasteiger partial charge in [-0.05, 0) is 47.3 Å². The van der Waals surface area contributed by atoms with Crippen LogP contribution >= 0.6 is 0 Å². The first-order valence-electron chi connectivity index (χ1n) is 7.89. The smallest absolute Gasteiger partial charge is 0.300 e. The molecule has 0 unspecified atom stereocenters. The number of aromatic amines is 1. The maximum Gasteiger partial charge on any atom is 0.300 e. The number of H-pyrrole nitrogens is 1. The Balaban J connectivity index is 1.77. The molecule has 3 aromatic carbocycles. The van der Waals surface area contributed by atoms with Gasteiger partial charge >= 0.3 is 0 Å². The lowest BCUT2D eigenvalue weighted by molar-refractivity contribution is -0.382. The van der Waals surface area contributed by atoms with Gasteiger partial charge in [-0.2, -0.15) is 0 Å². The molecule has 0 amide bonds. The van der Waals surface area contributed by atoms with E-state index in [4.69, 9.17) is 0 Å². The molecular formula is C20H15N3O2. The average molecular weight is 329 g/mol. The van der Waals surface area contributed by atoms with Crippen molar-refractivity contribution >= 4 is 27.8 Å². The van der Waals surface area contributed by atoms with Crippen molar-refractivity contribution in [1.29, 1.82) is 0 Å². The summed E-state index contributed by atoms with van der Waals surface area (Å²) < 4.78 is 0. The summed E-state index contributed by atoms with van der Waals surface area (Å²) in [4.78, 5) is 14.5. The summed E-state index contributed by atoms with van der Waals surface area (Å²) in [5.41, 5.74) is 3.37. The van der Waals surface area contributed by atoms with E-state index < -0.39 is 0 Å². The zero-order valence-corrected chi connectivity index (χ0v) is 13.3. The van der Waals surface area contributed by atoms with Crippen LogP contribution in [0.2, 0.25) is 0 Å². The molecule has 0 aliphatic heterocycles. The molecular weight excluding hydrogens is 314 g/mol. The molecule has 0 saturated carbocycles. The van der Waals surface area contributed by atoms with E-state index in [1.165, 1.54) is 0 Å². The van der Waals surface area contributed by atoms with Crippen LogP contribution in [0, 0.1) is 10.1 Å². The first kappa shape index (κ1) is 15.0. The fraction of sp³-hybridized carbons (Fsp3) is 0. The number of nitro benzene ring substituents is 1. The summed E-state index contributed by atoms with van der Waals surface area (Å²) in [5, 5.41) is 16.3. The second kappa shape index (κ2) is 6.13. The predicted molar refractivity (Wildman–Crippen MR) is 100 cm³/mol. The third kappa shape index (κ3) is 2.83. The van der Waals surface area contributed by atoms with Crippen molar-refractivity contribution < 1.29 is 4.92 Å². The number of nitrogens with one attached hydrogen (secondary N) is 2. The number of hydrogen-bond donors (Lipinski definition) is 2. The Morgan fingerprint density at radius 2 is 1.80 bits per heavy atom. The lowest BCUT2D eigenvalue weighted by Gasteiger charge is -2.10. The topological polar surface area (TPSA) is 71.0 Å². The number of aromatic nitrogens is 1. The van der Waals surface area contributed by atoms with E-state index in [1.807, 2.05) is 66.9 Å². The number of fused-ring (bicyclic) bond motifs is 1. The first-order chi connectivity index (χ1) is 12.2. The first-order valence-corrected chi connectivity index (χ1v) is 7.89. The van der Waals surface area contributed by atoms with E-state index in [1.54, 1.807) is 12.1 Å². The summed E-state index contributed by atoms with van der Waals surface area (Å²) in [6.45, 7) is 0. The zero-order valence-electron chi connectivity index (χ0n) is 13.3. The van der Waals surface area contributed by atoms with Crippen LogP contribution in [0.5, 0.6) is 0 Å². The molecule has 5 heteroatoms. The van der Waals surface area contributed by atoms with Gasteiger partial charge in [0.2, 0.25) is 0 Å². The third-order valence-electron chi connectivity index (χ3n) is 4.13. The van der Waals surface area contributed by atoms with Crippen molar-refractivity contribution in [1.82, 2.24) is 4.98 Å². The Hall–Kier alpha value is -3.60. The second-order valence-electron chi connectivity index (χ2n) is 5.73. The molecule has 0 saturated heterocycles. The molecule has 0 radical (unpaired) electrons. The zero-order chi connectivity index (χ0) is 17.2. The summed E-state index contributed by atoms with van der Waals surface area (Å²) in [7, 11) is 0. The van der Waals surface area contributed by atoms with Gasteiger partial charge in [-0.1, -0.05) is 36.4 Å². The standard InChI is InChI=1S/C20H15N3O2/c24-23(25)20-17-8-2-1-5-14(17)10-11-19(20)22-16-7-3-6-15(13-16)18-9-4-12-21-18/h1-13,21-22H. The molecule has 1 aromatic heterocycles. The Bertz CT molecular complexity index is 1060. The van der Waals surface area contributed by atoms with Crippen LogP contribution in [-0.4, -0.2) is 9.91 Å². The van der Waals surface area contributed by atoms with Crippen LogP contribution in [0.4, 0.5) is 17.1 Å². The van der Waals surface area contributed by atoms with Gasteiger partial charge in [-0.3, -0.25) is 10.1 Å². The van der Waals surface area contributed by atoms with Crippen LogP contribution in [0.1, 0.15) is 0 Å². The molecule has 0 aliphatic rings. The van der Waals surface area contributed by atoms with Crippen molar-refractivity contribution in [2.75, 3.05) is 5.32 Å². The number of benzene rings is 3. The Kier molecular flexibility index (Phi) is 3.67. The van der Waals surface area contributed by atoms with Gasteiger partial charge < -0.3 is 10.3 Å². The van der Waals surface area contributed by atoms with Crippen molar-refractivity contribution in [2.45, 2.75) is 0 Å². The number of rotatable bonds is 4. The highest BCUT2D eigenvalue weighted by Gasteiger charge is 2.18. The van der Waals surface area contributed by atoms with E-state index in [2.05, 4.69) is 10.3 Å². The number of hydrogen-bond acceptors (Lipinski definition) is 3. The van der Waals surface area contributed by atoms with E-state index in [0.717, 1.165) is 22.3 Å². The number of anilines is 2. The lowest BCUT2D eigenvalue weighted by Crippen LogP contribution is -1.98.